The molecule has 6 heteroatoms. The third-order valence-electron chi connectivity index (χ3n) is 4.45. The molecule has 0 bridgehead atoms. The largest absolute Gasteiger partial charge is 0.459 e. The molecule has 4 rings (SSSR count). The highest BCUT2D eigenvalue weighted by atomic mass is 35.5. The van der Waals surface area contributed by atoms with Crippen molar-refractivity contribution in [3.63, 3.8) is 0 Å². The van der Waals surface area contributed by atoms with Crippen LogP contribution in [0.4, 0.5) is 0 Å². The second-order valence-corrected chi connectivity index (χ2v) is 6.40. The van der Waals surface area contributed by atoms with E-state index < -0.39 is 0 Å². The number of halogens is 1. The molecule has 1 aromatic heterocycles. The Kier molecular flexibility index (Phi) is 3.54. The summed E-state index contributed by atoms with van der Waals surface area (Å²) in [7, 11) is 0. The summed E-state index contributed by atoms with van der Waals surface area (Å²) in [6.07, 6.45) is 3.85. The Bertz CT molecular complexity index is 787. The highest BCUT2D eigenvalue weighted by Crippen LogP contribution is 2.37. The lowest BCUT2D eigenvalue weighted by atomic mass is 10.1. The van der Waals surface area contributed by atoms with Gasteiger partial charge in [-0.2, -0.15) is 4.98 Å². The Balaban J connectivity index is 1.63. The molecule has 5 nitrogen and oxygen atoms in total. The molecule has 2 aromatic rings. The van der Waals surface area contributed by atoms with Crippen LogP contribution in [0.1, 0.15) is 35.8 Å². The van der Waals surface area contributed by atoms with E-state index >= 15 is 0 Å². The molecule has 1 aliphatic heterocycles. The molecule has 1 fully saturated rings. The maximum Gasteiger partial charge on any atom is 0.317 e. The van der Waals surface area contributed by atoms with Gasteiger partial charge >= 0.3 is 6.01 Å². The minimum absolute atomic E-state index is 0.0381. The summed E-state index contributed by atoms with van der Waals surface area (Å²) in [4.78, 5) is 21.1. The second-order valence-electron chi connectivity index (χ2n) is 5.96. The van der Waals surface area contributed by atoms with E-state index in [0.29, 0.717) is 22.3 Å². The van der Waals surface area contributed by atoms with Crippen LogP contribution in [0.5, 0.6) is 6.01 Å². The van der Waals surface area contributed by atoms with Crippen LogP contribution in [-0.2, 0) is 0 Å². The zero-order chi connectivity index (χ0) is 16.0. The summed E-state index contributed by atoms with van der Waals surface area (Å²) in [5, 5.41) is 3.93. The number of carbonyl (C=O) groups excluding carboxylic acids is 1. The SMILES string of the molecule is CC(Oc1ncc2c(n1)C(=O)c1cc(Cl)ccc1-2)C1CCCN1. The number of aromatic nitrogens is 2. The van der Waals surface area contributed by atoms with Crippen molar-refractivity contribution >= 4 is 17.4 Å². The van der Waals surface area contributed by atoms with Crippen molar-refractivity contribution in [3.05, 3.63) is 40.7 Å². The maximum atomic E-state index is 12.5. The van der Waals surface area contributed by atoms with Crippen LogP contribution in [0.15, 0.2) is 24.4 Å². The van der Waals surface area contributed by atoms with Gasteiger partial charge in [-0.15, -0.1) is 0 Å². The second kappa shape index (κ2) is 5.58. The van der Waals surface area contributed by atoms with Gasteiger partial charge in [0.1, 0.15) is 11.8 Å². The van der Waals surface area contributed by atoms with E-state index in [2.05, 4.69) is 15.3 Å². The topological polar surface area (TPSA) is 64.1 Å². The zero-order valence-corrected chi connectivity index (χ0v) is 13.4. The number of hydrogen-bond donors (Lipinski definition) is 1. The van der Waals surface area contributed by atoms with Crippen LogP contribution < -0.4 is 10.1 Å². The first-order valence-electron chi connectivity index (χ1n) is 7.75. The fourth-order valence-corrected chi connectivity index (χ4v) is 3.39. The predicted octanol–water partition coefficient (Wildman–Crippen LogP) is 2.86. The maximum absolute atomic E-state index is 12.5. The fourth-order valence-electron chi connectivity index (χ4n) is 3.22. The number of fused-ring (bicyclic) bond motifs is 3. The van der Waals surface area contributed by atoms with Crippen molar-refractivity contribution in [2.45, 2.75) is 31.9 Å². The Morgan fingerprint density at radius 3 is 3.00 bits per heavy atom. The van der Waals surface area contributed by atoms with Gasteiger partial charge in [-0.25, -0.2) is 4.98 Å². The Morgan fingerprint density at radius 2 is 2.22 bits per heavy atom. The van der Waals surface area contributed by atoms with Gasteiger partial charge in [0.25, 0.3) is 0 Å². The first-order chi connectivity index (χ1) is 11.1. The molecule has 2 unspecified atom stereocenters. The van der Waals surface area contributed by atoms with Gasteiger partial charge in [0.15, 0.2) is 0 Å². The van der Waals surface area contributed by atoms with Gasteiger partial charge in [-0.1, -0.05) is 17.7 Å². The van der Waals surface area contributed by atoms with Crippen molar-refractivity contribution in [1.82, 2.24) is 15.3 Å². The summed E-state index contributed by atoms with van der Waals surface area (Å²) in [5.41, 5.74) is 2.52. The monoisotopic (exact) mass is 329 g/mol. The van der Waals surface area contributed by atoms with Crippen molar-refractivity contribution < 1.29 is 9.53 Å². The minimum Gasteiger partial charge on any atom is -0.459 e. The minimum atomic E-state index is -0.128. The van der Waals surface area contributed by atoms with Crippen molar-refractivity contribution in [2.24, 2.45) is 0 Å². The molecular formula is C17H16ClN3O2. The van der Waals surface area contributed by atoms with Crippen LogP contribution in [0.25, 0.3) is 11.1 Å². The highest BCUT2D eigenvalue weighted by Gasteiger charge is 2.30. The summed E-state index contributed by atoms with van der Waals surface area (Å²) < 4.78 is 5.83. The van der Waals surface area contributed by atoms with Gasteiger partial charge in [-0.3, -0.25) is 4.79 Å². The normalized spacial score (nSPS) is 20.3. The molecule has 0 spiro atoms. The lowest BCUT2D eigenvalue weighted by molar-refractivity contribution is 0.103. The molecule has 1 N–H and O–H groups in total. The molecule has 1 aromatic carbocycles. The molecule has 0 saturated carbocycles. The van der Waals surface area contributed by atoms with Crippen molar-refractivity contribution in [3.8, 4) is 17.1 Å². The molecular weight excluding hydrogens is 314 g/mol. The molecule has 2 heterocycles. The molecule has 1 saturated heterocycles. The lowest BCUT2D eigenvalue weighted by Crippen LogP contribution is -2.37. The van der Waals surface area contributed by atoms with Gasteiger partial charge < -0.3 is 10.1 Å². The number of nitrogens with one attached hydrogen (secondary N) is 1. The standard InChI is InChI=1S/C17H16ClN3O2/c1-9(14-3-2-6-19-14)23-17-20-8-13-11-5-4-10(18)7-12(11)16(22)15(13)21-17/h4-5,7-9,14,19H,2-3,6H2,1H3. The molecule has 0 radical (unpaired) electrons. The van der Waals surface area contributed by atoms with Crippen LogP contribution in [0, 0.1) is 0 Å². The molecule has 118 valence electrons. The van der Waals surface area contributed by atoms with Crippen LogP contribution in [-0.4, -0.2) is 34.4 Å². The summed E-state index contributed by atoms with van der Waals surface area (Å²) in [6.45, 7) is 3.01. The number of benzene rings is 1. The quantitative estimate of drug-likeness (QED) is 0.800. The van der Waals surface area contributed by atoms with Gasteiger partial charge in [0, 0.05) is 28.4 Å². The summed E-state index contributed by atoms with van der Waals surface area (Å²) >= 11 is 5.98. The number of ether oxygens (including phenoxy) is 1. The number of carbonyl (C=O) groups is 1. The van der Waals surface area contributed by atoms with Gasteiger partial charge in [0.05, 0.1) is 0 Å². The first kappa shape index (κ1) is 14.6. The lowest BCUT2D eigenvalue weighted by Gasteiger charge is -2.19. The molecule has 2 aliphatic rings. The van der Waals surface area contributed by atoms with Crippen molar-refractivity contribution in [2.75, 3.05) is 6.54 Å². The Labute approximate surface area is 139 Å². The number of hydrogen-bond acceptors (Lipinski definition) is 5. The number of rotatable bonds is 3. The van der Waals surface area contributed by atoms with E-state index in [1.807, 2.05) is 13.0 Å². The third-order valence-corrected chi connectivity index (χ3v) is 4.69. The van der Waals surface area contributed by atoms with Gasteiger partial charge in [-0.05, 0) is 44.0 Å². The van der Waals surface area contributed by atoms with Gasteiger partial charge in [0.2, 0.25) is 5.78 Å². The number of nitrogens with zero attached hydrogens (tertiary/aromatic N) is 2. The molecule has 0 amide bonds. The Morgan fingerprint density at radius 1 is 1.35 bits per heavy atom. The van der Waals surface area contributed by atoms with E-state index in [0.717, 1.165) is 30.5 Å². The molecule has 2 atom stereocenters. The first-order valence-corrected chi connectivity index (χ1v) is 8.13. The van der Waals surface area contributed by atoms with E-state index in [9.17, 15) is 4.79 Å². The summed E-state index contributed by atoms with van der Waals surface area (Å²) in [5.74, 6) is -0.128. The van der Waals surface area contributed by atoms with Crippen LogP contribution in [0.2, 0.25) is 5.02 Å². The number of ketones is 1. The predicted molar refractivity (Wildman–Crippen MR) is 87.0 cm³/mol. The van der Waals surface area contributed by atoms with E-state index in [-0.39, 0.29) is 17.9 Å². The van der Waals surface area contributed by atoms with Crippen LogP contribution >= 0.6 is 11.6 Å². The molecule has 1 aliphatic carbocycles. The highest BCUT2D eigenvalue weighted by molar-refractivity contribution is 6.32. The zero-order valence-electron chi connectivity index (χ0n) is 12.7. The van der Waals surface area contributed by atoms with E-state index in [1.54, 1.807) is 18.3 Å². The Hall–Kier alpha value is -1.98. The third kappa shape index (κ3) is 2.50. The smallest absolute Gasteiger partial charge is 0.317 e. The van der Waals surface area contributed by atoms with Crippen LogP contribution in [0.3, 0.4) is 0 Å². The average molecular weight is 330 g/mol. The average Bonchev–Trinajstić information content (AvgIpc) is 3.16. The van der Waals surface area contributed by atoms with E-state index in [4.69, 9.17) is 16.3 Å². The molecule has 23 heavy (non-hydrogen) atoms. The van der Waals surface area contributed by atoms with Crippen molar-refractivity contribution in [1.29, 1.82) is 0 Å². The fraction of sp³-hybridized carbons (Fsp3) is 0.353. The summed E-state index contributed by atoms with van der Waals surface area (Å²) in [6, 6.07) is 5.82. The van der Waals surface area contributed by atoms with E-state index in [1.165, 1.54) is 0 Å².